The van der Waals surface area contributed by atoms with E-state index in [4.69, 9.17) is 9.47 Å². The normalized spacial score (nSPS) is 16.6. The Morgan fingerprint density at radius 3 is 2.80 bits per heavy atom. The van der Waals surface area contributed by atoms with Gasteiger partial charge in [-0.2, -0.15) is 5.10 Å². The molecule has 0 aliphatic carbocycles. The Kier molecular flexibility index (Phi) is 5.71. The van der Waals surface area contributed by atoms with Gasteiger partial charge in [0.2, 0.25) is 5.91 Å². The molecule has 1 aromatic carbocycles. The third kappa shape index (κ3) is 4.20. The second-order valence-corrected chi connectivity index (χ2v) is 6.23. The number of aryl methyl sites for hydroxylation is 1. The summed E-state index contributed by atoms with van der Waals surface area (Å²) in [5.74, 6) is 1.03. The molecule has 1 amide bonds. The van der Waals surface area contributed by atoms with Crippen LogP contribution in [-0.4, -0.2) is 47.5 Å². The predicted octanol–water partition coefficient (Wildman–Crippen LogP) is 2.44. The van der Waals surface area contributed by atoms with E-state index in [1.54, 1.807) is 13.3 Å². The highest BCUT2D eigenvalue weighted by Gasteiger charge is 2.28. The minimum Gasteiger partial charge on any atom is -0.494 e. The fourth-order valence-corrected chi connectivity index (χ4v) is 3.22. The standard InChI is InChI=1S/C19H25N3O3/c1-3-25-18-7-4-15(5-8-18)6-9-19(23)21-12-16-10-11-20-22(16)17(13-21)14-24-2/h4-5,7-8,10-11,17H,3,6,9,12-14H2,1-2H3. The van der Waals surface area contributed by atoms with Crippen molar-refractivity contribution in [2.75, 3.05) is 26.9 Å². The van der Waals surface area contributed by atoms with Crippen LogP contribution < -0.4 is 4.74 Å². The average Bonchev–Trinajstić information content (AvgIpc) is 3.10. The molecule has 6 heteroatoms. The van der Waals surface area contributed by atoms with Gasteiger partial charge in [0, 0.05) is 26.3 Å². The number of benzene rings is 1. The summed E-state index contributed by atoms with van der Waals surface area (Å²) in [6, 6.07) is 10.0. The van der Waals surface area contributed by atoms with Crippen molar-refractivity contribution in [1.82, 2.24) is 14.7 Å². The minimum absolute atomic E-state index is 0.0816. The van der Waals surface area contributed by atoms with E-state index in [0.717, 1.165) is 23.4 Å². The van der Waals surface area contributed by atoms with Gasteiger partial charge in [-0.1, -0.05) is 12.1 Å². The summed E-state index contributed by atoms with van der Waals surface area (Å²) in [6.07, 6.45) is 3.02. The molecule has 2 heterocycles. The van der Waals surface area contributed by atoms with Crippen molar-refractivity contribution in [2.45, 2.75) is 32.4 Å². The number of rotatable bonds is 7. The molecule has 1 aliphatic rings. The smallest absolute Gasteiger partial charge is 0.223 e. The average molecular weight is 343 g/mol. The van der Waals surface area contributed by atoms with Crippen LogP contribution in [-0.2, 0) is 22.5 Å². The highest BCUT2D eigenvalue weighted by Crippen LogP contribution is 2.22. The first-order valence-electron chi connectivity index (χ1n) is 8.72. The third-order valence-corrected chi connectivity index (χ3v) is 4.46. The van der Waals surface area contributed by atoms with Crippen LogP contribution in [0.15, 0.2) is 36.5 Å². The lowest BCUT2D eigenvalue weighted by atomic mass is 10.1. The second-order valence-electron chi connectivity index (χ2n) is 6.23. The van der Waals surface area contributed by atoms with Crippen molar-refractivity contribution in [2.24, 2.45) is 0 Å². The van der Waals surface area contributed by atoms with Crippen molar-refractivity contribution in [1.29, 1.82) is 0 Å². The van der Waals surface area contributed by atoms with E-state index >= 15 is 0 Å². The minimum atomic E-state index is 0.0816. The van der Waals surface area contributed by atoms with E-state index in [2.05, 4.69) is 5.10 Å². The maximum absolute atomic E-state index is 12.7. The van der Waals surface area contributed by atoms with Gasteiger partial charge in [-0.05, 0) is 37.1 Å². The number of carbonyl (C=O) groups is 1. The first-order chi connectivity index (χ1) is 12.2. The molecule has 3 rings (SSSR count). The van der Waals surface area contributed by atoms with E-state index in [9.17, 15) is 4.79 Å². The number of hydrogen-bond acceptors (Lipinski definition) is 4. The summed E-state index contributed by atoms with van der Waals surface area (Å²) in [7, 11) is 1.68. The number of nitrogens with zero attached hydrogens (tertiary/aromatic N) is 3. The molecule has 0 N–H and O–H groups in total. The van der Waals surface area contributed by atoms with E-state index in [0.29, 0.717) is 32.7 Å². The zero-order valence-corrected chi connectivity index (χ0v) is 14.9. The van der Waals surface area contributed by atoms with Gasteiger partial charge in [-0.3, -0.25) is 9.48 Å². The monoisotopic (exact) mass is 343 g/mol. The predicted molar refractivity (Wildman–Crippen MR) is 94.5 cm³/mol. The molecule has 0 saturated carbocycles. The van der Waals surface area contributed by atoms with Crippen molar-refractivity contribution in [3.8, 4) is 5.75 Å². The van der Waals surface area contributed by atoms with E-state index in [-0.39, 0.29) is 11.9 Å². The lowest BCUT2D eigenvalue weighted by Gasteiger charge is -2.33. The van der Waals surface area contributed by atoms with Gasteiger partial charge in [-0.15, -0.1) is 0 Å². The first kappa shape index (κ1) is 17.5. The highest BCUT2D eigenvalue weighted by molar-refractivity contribution is 5.76. The number of aromatic nitrogens is 2. The van der Waals surface area contributed by atoms with Crippen molar-refractivity contribution in [3.05, 3.63) is 47.8 Å². The van der Waals surface area contributed by atoms with Crippen LogP contribution in [0.3, 0.4) is 0 Å². The SMILES string of the molecule is CCOc1ccc(CCC(=O)N2Cc3ccnn3C(COC)C2)cc1. The van der Waals surface area contributed by atoms with Gasteiger partial charge < -0.3 is 14.4 Å². The second kappa shape index (κ2) is 8.16. The molecule has 1 atom stereocenters. The number of carbonyl (C=O) groups excluding carboxylic acids is 1. The van der Waals surface area contributed by atoms with Crippen molar-refractivity contribution < 1.29 is 14.3 Å². The summed E-state index contributed by atoms with van der Waals surface area (Å²) in [6.45, 7) is 4.43. The van der Waals surface area contributed by atoms with E-state index in [1.807, 2.05) is 46.8 Å². The van der Waals surface area contributed by atoms with Crippen LogP contribution >= 0.6 is 0 Å². The highest BCUT2D eigenvalue weighted by atomic mass is 16.5. The van der Waals surface area contributed by atoms with Crippen molar-refractivity contribution in [3.63, 3.8) is 0 Å². The Balaban J connectivity index is 1.58. The van der Waals surface area contributed by atoms with E-state index < -0.39 is 0 Å². The Bertz CT molecular complexity index is 696. The Hall–Kier alpha value is -2.34. The van der Waals surface area contributed by atoms with Gasteiger partial charge >= 0.3 is 0 Å². The van der Waals surface area contributed by atoms with Crippen LogP contribution in [0.25, 0.3) is 0 Å². The fourth-order valence-electron chi connectivity index (χ4n) is 3.22. The molecule has 0 bridgehead atoms. The molecule has 0 saturated heterocycles. The van der Waals surface area contributed by atoms with E-state index in [1.165, 1.54) is 0 Å². The summed E-state index contributed by atoms with van der Waals surface area (Å²) in [4.78, 5) is 14.6. The topological polar surface area (TPSA) is 56.6 Å². The number of methoxy groups -OCH3 is 1. The van der Waals surface area contributed by atoms with Crippen LogP contribution in [0.4, 0.5) is 0 Å². The Morgan fingerprint density at radius 2 is 2.08 bits per heavy atom. The molecule has 25 heavy (non-hydrogen) atoms. The molecule has 1 unspecified atom stereocenters. The quantitative estimate of drug-likeness (QED) is 0.775. The van der Waals surface area contributed by atoms with Crippen LogP contribution in [0.5, 0.6) is 5.75 Å². The van der Waals surface area contributed by atoms with Gasteiger partial charge in [0.05, 0.1) is 31.5 Å². The largest absolute Gasteiger partial charge is 0.494 e. The van der Waals surface area contributed by atoms with Gasteiger partial charge in [0.1, 0.15) is 5.75 Å². The van der Waals surface area contributed by atoms with Gasteiger partial charge in [0.25, 0.3) is 0 Å². The van der Waals surface area contributed by atoms with Gasteiger partial charge in [0.15, 0.2) is 0 Å². The van der Waals surface area contributed by atoms with Gasteiger partial charge in [-0.25, -0.2) is 0 Å². The Labute approximate surface area is 148 Å². The molecule has 0 radical (unpaired) electrons. The molecule has 1 aromatic heterocycles. The molecule has 0 spiro atoms. The molecule has 6 nitrogen and oxygen atoms in total. The lowest BCUT2D eigenvalue weighted by molar-refractivity contribution is -0.133. The number of hydrogen-bond donors (Lipinski definition) is 0. The zero-order valence-electron chi connectivity index (χ0n) is 14.9. The molecule has 134 valence electrons. The van der Waals surface area contributed by atoms with Crippen LogP contribution in [0, 0.1) is 0 Å². The molecular weight excluding hydrogens is 318 g/mol. The number of amides is 1. The third-order valence-electron chi connectivity index (χ3n) is 4.46. The fraction of sp³-hybridized carbons (Fsp3) is 0.474. The van der Waals surface area contributed by atoms with Crippen LogP contribution in [0.2, 0.25) is 0 Å². The number of fused-ring (bicyclic) bond motifs is 1. The summed E-state index contributed by atoms with van der Waals surface area (Å²) >= 11 is 0. The molecule has 1 aliphatic heterocycles. The molecular formula is C19H25N3O3. The molecule has 2 aromatic rings. The Morgan fingerprint density at radius 1 is 1.28 bits per heavy atom. The maximum atomic E-state index is 12.7. The first-order valence-corrected chi connectivity index (χ1v) is 8.72. The zero-order chi connectivity index (χ0) is 17.6. The summed E-state index contributed by atoms with van der Waals surface area (Å²) in [5, 5.41) is 4.35. The maximum Gasteiger partial charge on any atom is 0.223 e. The number of ether oxygens (including phenoxy) is 2. The molecule has 0 fully saturated rings. The van der Waals surface area contributed by atoms with Crippen LogP contribution in [0.1, 0.15) is 30.6 Å². The lowest BCUT2D eigenvalue weighted by Crippen LogP contribution is -2.42. The summed E-state index contributed by atoms with van der Waals surface area (Å²) < 4.78 is 12.7. The summed E-state index contributed by atoms with van der Waals surface area (Å²) in [5.41, 5.74) is 2.20. The van der Waals surface area contributed by atoms with Crippen molar-refractivity contribution >= 4 is 5.91 Å².